The first-order valence-electron chi connectivity index (χ1n) is 6.52. The summed E-state index contributed by atoms with van der Waals surface area (Å²) in [5.74, 6) is 0.341. The third-order valence-electron chi connectivity index (χ3n) is 3.37. The van der Waals surface area contributed by atoms with Gasteiger partial charge in [-0.25, -0.2) is 0 Å². The monoisotopic (exact) mass is 319 g/mol. The molecule has 1 fully saturated rings. The Bertz CT molecular complexity index is 383. The molecule has 1 aromatic carbocycles. The van der Waals surface area contributed by atoms with Crippen LogP contribution in [0, 0.1) is 5.92 Å². The Kier molecular flexibility index (Phi) is 9.38. The molecule has 0 saturated carbocycles. The van der Waals surface area contributed by atoms with E-state index in [9.17, 15) is 4.79 Å². The summed E-state index contributed by atoms with van der Waals surface area (Å²) in [6, 6.07) is 10.2. The number of hydrogen-bond donors (Lipinski definition) is 2. The average molecular weight is 320 g/mol. The number of amides is 1. The molecule has 20 heavy (non-hydrogen) atoms. The molecule has 1 aliphatic rings. The van der Waals surface area contributed by atoms with Gasteiger partial charge < -0.3 is 15.5 Å². The van der Waals surface area contributed by atoms with Gasteiger partial charge in [0.25, 0.3) is 0 Å². The maximum Gasteiger partial charge on any atom is 0.224 e. The number of para-hydroxylation sites is 1. The van der Waals surface area contributed by atoms with Gasteiger partial charge in [0, 0.05) is 32.4 Å². The topological polar surface area (TPSA) is 44.4 Å². The standard InChI is InChI=1S/C14H21N3O.2ClH/c1-17(13-5-3-2-4-6-13)10-9-16-14(18)12-7-8-15-11-12;;/h2-6,12,15H,7-11H2,1H3,(H,16,18);2*1H. The van der Waals surface area contributed by atoms with Crippen molar-refractivity contribution >= 4 is 36.4 Å². The van der Waals surface area contributed by atoms with E-state index in [1.165, 1.54) is 5.69 Å². The zero-order valence-corrected chi connectivity index (χ0v) is 13.3. The quantitative estimate of drug-likeness (QED) is 0.868. The zero-order valence-electron chi connectivity index (χ0n) is 11.7. The van der Waals surface area contributed by atoms with Crippen molar-refractivity contribution in [1.82, 2.24) is 10.6 Å². The number of hydrogen-bond acceptors (Lipinski definition) is 3. The second kappa shape index (κ2) is 9.86. The Hall–Kier alpha value is -0.970. The number of rotatable bonds is 5. The molecule has 114 valence electrons. The van der Waals surface area contributed by atoms with Crippen LogP contribution < -0.4 is 15.5 Å². The number of nitrogens with one attached hydrogen (secondary N) is 2. The van der Waals surface area contributed by atoms with E-state index in [2.05, 4.69) is 27.7 Å². The van der Waals surface area contributed by atoms with E-state index < -0.39 is 0 Å². The van der Waals surface area contributed by atoms with Gasteiger partial charge in [0.1, 0.15) is 0 Å². The first-order chi connectivity index (χ1) is 8.77. The smallest absolute Gasteiger partial charge is 0.224 e. The lowest BCUT2D eigenvalue weighted by Gasteiger charge is -2.20. The molecule has 1 aliphatic heterocycles. The van der Waals surface area contributed by atoms with Crippen molar-refractivity contribution in [2.24, 2.45) is 5.92 Å². The molecule has 1 heterocycles. The van der Waals surface area contributed by atoms with E-state index in [4.69, 9.17) is 0 Å². The molecule has 2 N–H and O–H groups in total. The number of carbonyl (C=O) groups is 1. The SMILES string of the molecule is CN(CCNC(=O)C1CCNC1)c1ccccc1.Cl.Cl. The highest BCUT2D eigenvalue weighted by molar-refractivity contribution is 5.85. The van der Waals surface area contributed by atoms with Crippen LogP contribution in [0.4, 0.5) is 5.69 Å². The van der Waals surface area contributed by atoms with Crippen molar-refractivity contribution < 1.29 is 4.79 Å². The minimum absolute atomic E-state index is 0. The van der Waals surface area contributed by atoms with Crippen LogP contribution >= 0.6 is 24.8 Å². The van der Waals surface area contributed by atoms with Crippen LogP contribution in [0.1, 0.15) is 6.42 Å². The lowest BCUT2D eigenvalue weighted by Crippen LogP contribution is -2.37. The zero-order chi connectivity index (χ0) is 12.8. The summed E-state index contributed by atoms with van der Waals surface area (Å²) in [5, 5.41) is 6.21. The fourth-order valence-corrected chi connectivity index (χ4v) is 2.18. The molecular weight excluding hydrogens is 297 g/mol. The molecular formula is C14H23Cl2N3O. The van der Waals surface area contributed by atoms with Gasteiger partial charge in [-0.15, -0.1) is 24.8 Å². The summed E-state index contributed by atoms with van der Waals surface area (Å²) < 4.78 is 0. The number of halogens is 2. The van der Waals surface area contributed by atoms with Crippen LogP contribution in [0.3, 0.4) is 0 Å². The predicted molar refractivity (Wildman–Crippen MR) is 88.2 cm³/mol. The van der Waals surface area contributed by atoms with Crippen LogP contribution in [0.25, 0.3) is 0 Å². The van der Waals surface area contributed by atoms with Crippen molar-refractivity contribution in [1.29, 1.82) is 0 Å². The minimum Gasteiger partial charge on any atom is -0.373 e. The molecule has 0 aromatic heterocycles. The Morgan fingerprint density at radius 2 is 2.05 bits per heavy atom. The highest BCUT2D eigenvalue weighted by Gasteiger charge is 2.21. The number of anilines is 1. The molecule has 1 saturated heterocycles. The molecule has 1 atom stereocenters. The average Bonchev–Trinajstić information content (AvgIpc) is 2.93. The van der Waals surface area contributed by atoms with Crippen LogP contribution in [0.15, 0.2) is 30.3 Å². The summed E-state index contributed by atoms with van der Waals surface area (Å²) >= 11 is 0. The number of nitrogens with zero attached hydrogens (tertiary/aromatic N) is 1. The maximum absolute atomic E-state index is 11.8. The van der Waals surface area contributed by atoms with Crippen LogP contribution in [-0.2, 0) is 4.79 Å². The van der Waals surface area contributed by atoms with Crippen LogP contribution in [0.2, 0.25) is 0 Å². The maximum atomic E-state index is 11.8. The van der Waals surface area contributed by atoms with Gasteiger partial charge in [0.05, 0.1) is 5.92 Å². The number of likely N-dealkylation sites (N-methyl/N-ethyl adjacent to an activating group) is 1. The number of carbonyl (C=O) groups excluding carboxylic acids is 1. The first kappa shape index (κ1) is 19.0. The largest absolute Gasteiger partial charge is 0.373 e. The molecule has 0 spiro atoms. The Balaban J connectivity index is 0.00000180. The summed E-state index contributed by atoms with van der Waals surface area (Å²) in [6.45, 7) is 3.30. The third-order valence-corrected chi connectivity index (χ3v) is 3.37. The summed E-state index contributed by atoms with van der Waals surface area (Å²) in [4.78, 5) is 13.9. The summed E-state index contributed by atoms with van der Waals surface area (Å²) in [6.07, 6.45) is 0.959. The normalized spacial score (nSPS) is 16.8. The van der Waals surface area contributed by atoms with E-state index in [0.29, 0.717) is 6.54 Å². The fraction of sp³-hybridized carbons (Fsp3) is 0.500. The van der Waals surface area contributed by atoms with E-state index in [1.54, 1.807) is 0 Å². The Morgan fingerprint density at radius 3 is 2.65 bits per heavy atom. The van der Waals surface area contributed by atoms with Crippen LogP contribution in [0.5, 0.6) is 0 Å². The van der Waals surface area contributed by atoms with Gasteiger partial charge in [-0.05, 0) is 25.1 Å². The molecule has 1 amide bonds. The number of benzene rings is 1. The lowest BCUT2D eigenvalue weighted by atomic mass is 10.1. The van der Waals surface area contributed by atoms with Crippen molar-refractivity contribution in [3.05, 3.63) is 30.3 Å². The molecule has 2 rings (SSSR count). The van der Waals surface area contributed by atoms with Gasteiger partial charge in [0.15, 0.2) is 0 Å². The van der Waals surface area contributed by atoms with Crippen molar-refractivity contribution in [2.45, 2.75) is 6.42 Å². The fourth-order valence-electron chi connectivity index (χ4n) is 2.18. The van der Waals surface area contributed by atoms with Gasteiger partial charge in [-0.2, -0.15) is 0 Å². The molecule has 0 radical (unpaired) electrons. The van der Waals surface area contributed by atoms with E-state index >= 15 is 0 Å². The molecule has 1 aromatic rings. The van der Waals surface area contributed by atoms with Crippen molar-refractivity contribution in [3.63, 3.8) is 0 Å². The molecule has 0 bridgehead atoms. The molecule has 1 unspecified atom stereocenters. The van der Waals surface area contributed by atoms with E-state index in [1.807, 2.05) is 25.2 Å². The van der Waals surface area contributed by atoms with Crippen molar-refractivity contribution in [2.75, 3.05) is 38.1 Å². The molecule has 6 heteroatoms. The Morgan fingerprint density at radius 1 is 1.35 bits per heavy atom. The van der Waals surface area contributed by atoms with Gasteiger partial charge in [0.2, 0.25) is 5.91 Å². The Labute approximate surface area is 133 Å². The summed E-state index contributed by atoms with van der Waals surface area (Å²) in [7, 11) is 2.04. The van der Waals surface area contributed by atoms with E-state index in [0.717, 1.165) is 26.1 Å². The highest BCUT2D eigenvalue weighted by atomic mass is 35.5. The van der Waals surface area contributed by atoms with Gasteiger partial charge >= 0.3 is 0 Å². The molecule has 0 aliphatic carbocycles. The molecule has 4 nitrogen and oxygen atoms in total. The van der Waals surface area contributed by atoms with Gasteiger partial charge in [-0.1, -0.05) is 18.2 Å². The van der Waals surface area contributed by atoms with Gasteiger partial charge in [-0.3, -0.25) is 4.79 Å². The van der Waals surface area contributed by atoms with Crippen LogP contribution in [-0.4, -0.2) is 39.1 Å². The third kappa shape index (κ3) is 5.57. The first-order valence-corrected chi connectivity index (χ1v) is 6.52. The summed E-state index contributed by atoms with van der Waals surface area (Å²) in [5.41, 5.74) is 1.18. The second-order valence-electron chi connectivity index (χ2n) is 4.74. The predicted octanol–water partition coefficient (Wildman–Crippen LogP) is 1.69. The highest BCUT2D eigenvalue weighted by Crippen LogP contribution is 2.10. The lowest BCUT2D eigenvalue weighted by molar-refractivity contribution is -0.124. The van der Waals surface area contributed by atoms with E-state index in [-0.39, 0.29) is 36.6 Å². The minimum atomic E-state index is 0. The van der Waals surface area contributed by atoms with Crippen molar-refractivity contribution in [3.8, 4) is 0 Å². The second-order valence-corrected chi connectivity index (χ2v) is 4.74.